The molecule has 0 amide bonds. The third-order valence-electron chi connectivity index (χ3n) is 4.21. The summed E-state index contributed by atoms with van der Waals surface area (Å²) < 4.78 is 5.38. The quantitative estimate of drug-likeness (QED) is 0.783. The Kier molecular flexibility index (Phi) is 5.07. The zero-order valence-electron chi connectivity index (χ0n) is 10.6. The average Bonchev–Trinajstić information content (AvgIpc) is 2.38. The molecule has 0 bridgehead atoms. The Morgan fingerprint density at radius 3 is 2.81 bits per heavy atom. The van der Waals surface area contributed by atoms with Crippen molar-refractivity contribution in [3.63, 3.8) is 0 Å². The Morgan fingerprint density at radius 1 is 1.25 bits per heavy atom. The van der Waals surface area contributed by atoms with Gasteiger partial charge in [0.2, 0.25) is 0 Å². The minimum atomic E-state index is 0.912. The van der Waals surface area contributed by atoms with Gasteiger partial charge in [-0.05, 0) is 44.3 Å². The fourth-order valence-corrected chi connectivity index (χ4v) is 3.01. The summed E-state index contributed by atoms with van der Waals surface area (Å²) in [6.45, 7) is 10.2. The molecule has 2 unspecified atom stereocenters. The molecule has 16 heavy (non-hydrogen) atoms. The Labute approximate surface area is 99.5 Å². The Bertz CT molecular complexity index is 192. The highest BCUT2D eigenvalue weighted by Crippen LogP contribution is 2.25. The van der Waals surface area contributed by atoms with Crippen molar-refractivity contribution in [1.29, 1.82) is 0 Å². The molecule has 2 aliphatic rings. The second-order valence-electron chi connectivity index (χ2n) is 5.16. The van der Waals surface area contributed by atoms with Crippen molar-refractivity contribution in [1.82, 2.24) is 10.2 Å². The molecule has 0 aromatic heterocycles. The summed E-state index contributed by atoms with van der Waals surface area (Å²) >= 11 is 0. The number of rotatable bonds is 4. The van der Waals surface area contributed by atoms with Gasteiger partial charge in [-0.15, -0.1) is 0 Å². The van der Waals surface area contributed by atoms with Gasteiger partial charge in [-0.3, -0.25) is 4.90 Å². The van der Waals surface area contributed by atoms with Gasteiger partial charge in [0.25, 0.3) is 0 Å². The summed E-state index contributed by atoms with van der Waals surface area (Å²) in [4.78, 5) is 2.57. The van der Waals surface area contributed by atoms with Crippen LogP contribution in [0.25, 0.3) is 0 Å². The first-order valence-electron chi connectivity index (χ1n) is 6.91. The van der Waals surface area contributed by atoms with Crippen LogP contribution in [0, 0.1) is 11.8 Å². The van der Waals surface area contributed by atoms with Gasteiger partial charge in [0.1, 0.15) is 0 Å². The zero-order chi connectivity index (χ0) is 11.2. The molecule has 3 heteroatoms. The molecule has 0 spiro atoms. The number of morpholine rings is 1. The fourth-order valence-electron chi connectivity index (χ4n) is 3.01. The number of nitrogens with zero attached hydrogens (tertiary/aromatic N) is 1. The molecule has 0 aromatic carbocycles. The van der Waals surface area contributed by atoms with Crippen molar-refractivity contribution in [2.45, 2.75) is 26.2 Å². The first kappa shape index (κ1) is 12.3. The van der Waals surface area contributed by atoms with Crippen molar-refractivity contribution in [2.24, 2.45) is 11.8 Å². The maximum absolute atomic E-state index is 5.38. The van der Waals surface area contributed by atoms with Gasteiger partial charge >= 0.3 is 0 Å². The highest BCUT2D eigenvalue weighted by molar-refractivity contribution is 4.78. The summed E-state index contributed by atoms with van der Waals surface area (Å²) in [6.07, 6.45) is 4.10. The summed E-state index contributed by atoms with van der Waals surface area (Å²) in [5.41, 5.74) is 0. The molecule has 2 rings (SSSR count). The number of nitrogens with one attached hydrogen (secondary N) is 1. The molecule has 2 saturated heterocycles. The first-order chi connectivity index (χ1) is 7.90. The van der Waals surface area contributed by atoms with Crippen LogP contribution in [0.15, 0.2) is 0 Å². The third-order valence-corrected chi connectivity index (χ3v) is 4.21. The van der Waals surface area contributed by atoms with E-state index in [0.717, 1.165) is 38.1 Å². The van der Waals surface area contributed by atoms with E-state index in [4.69, 9.17) is 4.74 Å². The van der Waals surface area contributed by atoms with Crippen LogP contribution in [0.5, 0.6) is 0 Å². The van der Waals surface area contributed by atoms with E-state index < -0.39 is 0 Å². The largest absolute Gasteiger partial charge is 0.379 e. The predicted octanol–water partition coefficient (Wildman–Crippen LogP) is 1.34. The molecule has 0 aromatic rings. The van der Waals surface area contributed by atoms with Gasteiger partial charge in [-0.25, -0.2) is 0 Å². The monoisotopic (exact) mass is 226 g/mol. The lowest BCUT2D eigenvalue weighted by atomic mass is 9.82. The molecule has 2 heterocycles. The average molecular weight is 226 g/mol. The van der Waals surface area contributed by atoms with Crippen molar-refractivity contribution in [3.8, 4) is 0 Å². The molecular formula is C13H26N2O. The minimum absolute atomic E-state index is 0.912. The highest BCUT2D eigenvalue weighted by Gasteiger charge is 2.23. The SMILES string of the molecule is CCC1CNCCC1CCN1CCOCC1. The standard InChI is InChI=1S/C13H26N2O/c1-2-12-11-14-5-3-13(12)4-6-15-7-9-16-10-8-15/h12-14H,2-11H2,1H3. The molecule has 0 radical (unpaired) electrons. The second kappa shape index (κ2) is 6.58. The lowest BCUT2D eigenvalue weighted by Gasteiger charge is -2.34. The molecule has 2 atom stereocenters. The van der Waals surface area contributed by atoms with Crippen LogP contribution in [-0.4, -0.2) is 50.8 Å². The van der Waals surface area contributed by atoms with E-state index in [1.54, 1.807) is 0 Å². The maximum atomic E-state index is 5.38. The van der Waals surface area contributed by atoms with Gasteiger partial charge in [0, 0.05) is 13.1 Å². The summed E-state index contributed by atoms with van der Waals surface area (Å²) in [6, 6.07) is 0. The van der Waals surface area contributed by atoms with Gasteiger partial charge in [0.15, 0.2) is 0 Å². The van der Waals surface area contributed by atoms with Crippen molar-refractivity contribution in [2.75, 3.05) is 45.9 Å². The van der Waals surface area contributed by atoms with Crippen molar-refractivity contribution in [3.05, 3.63) is 0 Å². The molecule has 0 saturated carbocycles. The lowest BCUT2D eigenvalue weighted by Crippen LogP contribution is -2.40. The van der Waals surface area contributed by atoms with E-state index in [0.29, 0.717) is 0 Å². The van der Waals surface area contributed by atoms with Gasteiger partial charge in [-0.1, -0.05) is 13.3 Å². The van der Waals surface area contributed by atoms with Crippen LogP contribution in [0.2, 0.25) is 0 Å². The molecule has 3 nitrogen and oxygen atoms in total. The molecule has 1 N–H and O–H groups in total. The molecule has 0 aliphatic carbocycles. The van der Waals surface area contributed by atoms with Crippen LogP contribution in [-0.2, 0) is 4.74 Å². The summed E-state index contributed by atoms with van der Waals surface area (Å²) in [7, 11) is 0. The second-order valence-corrected chi connectivity index (χ2v) is 5.16. The molecular weight excluding hydrogens is 200 g/mol. The van der Waals surface area contributed by atoms with Gasteiger partial charge in [-0.2, -0.15) is 0 Å². The topological polar surface area (TPSA) is 24.5 Å². The van der Waals surface area contributed by atoms with E-state index in [-0.39, 0.29) is 0 Å². The lowest BCUT2D eigenvalue weighted by molar-refractivity contribution is 0.0329. The van der Waals surface area contributed by atoms with E-state index >= 15 is 0 Å². The Morgan fingerprint density at radius 2 is 2.06 bits per heavy atom. The normalized spacial score (nSPS) is 32.8. The zero-order valence-corrected chi connectivity index (χ0v) is 10.6. The van der Waals surface area contributed by atoms with Crippen molar-refractivity contribution < 1.29 is 4.74 Å². The smallest absolute Gasteiger partial charge is 0.0594 e. The maximum Gasteiger partial charge on any atom is 0.0594 e. The number of piperidine rings is 1. The first-order valence-corrected chi connectivity index (χ1v) is 6.91. The molecule has 2 aliphatic heterocycles. The van der Waals surface area contributed by atoms with Gasteiger partial charge in [0.05, 0.1) is 13.2 Å². The van der Waals surface area contributed by atoms with E-state index in [1.165, 1.54) is 38.9 Å². The van der Waals surface area contributed by atoms with Gasteiger partial charge < -0.3 is 10.1 Å². The third kappa shape index (κ3) is 3.44. The predicted molar refractivity (Wildman–Crippen MR) is 66.6 cm³/mol. The van der Waals surface area contributed by atoms with E-state index in [1.807, 2.05) is 0 Å². The Hall–Kier alpha value is -0.120. The Balaban J connectivity index is 1.70. The number of hydrogen-bond acceptors (Lipinski definition) is 3. The molecule has 2 fully saturated rings. The van der Waals surface area contributed by atoms with Crippen molar-refractivity contribution >= 4 is 0 Å². The summed E-state index contributed by atoms with van der Waals surface area (Å²) in [5, 5.41) is 3.52. The minimum Gasteiger partial charge on any atom is -0.379 e. The fraction of sp³-hybridized carbons (Fsp3) is 1.00. The number of hydrogen-bond donors (Lipinski definition) is 1. The van der Waals surface area contributed by atoms with Crippen LogP contribution in [0.4, 0.5) is 0 Å². The van der Waals surface area contributed by atoms with Crippen LogP contribution in [0.3, 0.4) is 0 Å². The van der Waals surface area contributed by atoms with Crippen LogP contribution >= 0.6 is 0 Å². The highest BCUT2D eigenvalue weighted by atomic mass is 16.5. The molecule has 94 valence electrons. The van der Waals surface area contributed by atoms with E-state index in [9.17, 15) is 0 Å². The van der Waals surface area contributed by atoms with E-state index in [2.05, 4.69) is 17.1 Å². The van der Waals surface area contributed by atoms with Crippen LogP contribution < -0.4 is 5.32 Å². The van der Waals surface area contributed by atoms with Crippen LogP contribution in [0.1, 0.15) is 26.2 Å². The number of ether oxygens (including phenoxy) is 1. The summed E-state index contributed by atoms with van der Waals surface area (Å²) in [5.74, 6) is 1.86.